The lowest BCUT2D eigenvalue weighted by Gasteiger charge is -2.33. The lowest BCUT2D eigenvalue weighted by molar-refractivity contribution is 0.203. The van der Waals surface area contributed by atoms with Crippen LogP contribution in [-0.2, 0) is 6.54 Å². The number of aryl methyl sites for hydroxylation is 1. The van der Waals surface area contributed by atoms with Crippen LogP contribution in [0.3, 0.4) is 0 Å². The first kappa shape index (κ1) is 19.6. The third-order valence-corrected chi connectivity index (χ3v) is 6.99. The van der Waals surface area contributed by atoms with Crippen molar-refractivity contribution in [1.82, 2.24) is 15.2 Å². The fourth-order valence-corrected chi connectivity index (χ4v) is 5.02. The highest BCUT2D eigenvalue weighted by Gasteiger charge is 2.32. The van der Waals surface area contributed by atoms with E-state index < -0.39 is 0 Å². The Hall–Kier alpha value is -2.33. The zero-order chi connectivity index (χ0) is 20.7. The van der Waals surface area contributed by atoms with Gasteiger partial charge in [0.1, 0.15) is 5.82 Å². The van der Waals surface area contributed by atoms with E-state index in [2.05, 4.69) is 66.6 Å². The van der Waals surface area contributed by atoms with Gasteiger partial charge in [-0.2, -0.15) is 0 Å². The van der Waals surface area contributed by atoms with Crippen LogP contribution in [0, 0.1) is 6.92 Å². The van der Waals surface area contributed by atoms with Crippen molar-refractivity contribution in [2.45, 2.75) is 70.9 Å². The molecule has 158 valence electrons. The molecular formula is C26H34N4. The first-order valence-electron chi connectivity index (χ1n) is 11.6. The quantitative estimate of drug-likeness (QED) is 0.676. The Balaban J connectivity index is 1.35. The Morgan fingerprint density at radius 2 is 1.90 bits per heavy atom. The number of fused-ring (bicyclic) bond motifs is 1. The summed E-state index contributed by atoms with van der Waals surface area (Å²) in [6.45, 7) is 10.0. The van der Waals surface area contributed by atoms with Gasteiger partial charge in [0.05, 0.1) is 0 Å². The van der Waals surface area contributed by atoms with Crippen molar-refractivity contribution < 1.29 is 0 Å². The molecule has 2 fully saturated rings. The molecule has 3 heterocycles. The standard InChI is InChI=1S/C26H34N4/c1-17(2)25-15-20-8-11-27-16-24(20)26(29-25)28-21-4-7-23(18(3)14-21)19-9-12-30(13-10-19)22-5-6-22/h4,7-8,11,14-15,17,19,22,27H,5-6,9-10,12-13,16H2,1-3H3,(H,28,29). The van der Waals surface area contributed by atoms with Crippen molar-refractivity contribution in [2.24, 2.45) is 0 Å². The number of aromatic nitrogens is 1. The number of likely N-dealkylation sites (tertiary alicyclic amines) is 1. The van der Waals surface area contributed by atoms with E-state index in [1.165, 1.54) is 61.0 Å². The van der Waals surface area contributed by atoms with Crippen LogP contribution in [-0.4, -0.2) is 29.0 Å². The maximum absolute atomic E-state index is 4.96. The summed E-state index contributed by atoms with van der Waals surface area (Å²) < 4.78 is 0. The topological polar surface area (TPSA) is 40.2 Å². The van der Waals surface area contributed by atoms with Gasteiger partial charge >= 0.3 is 0 Å². The number of pyridine rings is 1. The van der Waals surface area contributed by atoms with Crippen molar-refractivity contribution in [3.8, 4) is 0 Å². The average Bonchev–Trinajstić information content (AvgIpc) is 3.59. The van der Waals surface area contributed by atoms with Gasteiger partial charge in [-0.25, -0.2) is 4.98 Å². The molecule has 1 saturated heterocycles. The minimum absolute atomic E-state index is 0.407. The summed E-state index contributed by atoms with van der Waals surface area (Å²) in [6, 6.07) is 10.0. The van der Waals surface area contributed by atoms with Gasteiger partial charge in [-0.05, 0) is 105 Å². The molecule has 4 heteroatoms. The second-order valence-corrected chi connectivity index (χ2v) is 9.57. The molecule has 2 aromatic rings. The van der Waals surface area contributed by atoms with Gasteiger partial charge in [0.2, 0.25) is 0 Å². The number of nitrogens with one attached hydrogen (secondary N) is 2. The van der Waals surface area contributed by atoms with Gasteiger partial charge in [0, 0.05) is 29.5 Å². The summed E-state index contributed by atoms with van der Waals surface area (Å²) in [5.41, 5.74) is 7.72. The highest BCUT2D eigenvalue weighted by Crippen LogP contribution is 2.36. The average molecular weight is 403 g/mol. The molecule has 1 saturated carbocycles. The summed E-state index contributed by atoms with van der Waals surface area (Å²) in [5.74, 6) is 2.10. The van der Waals surface area contributed by atoms with Crippen LogP contribution in [0.2, 0.25) is 0 Å². The maximum atomic E-state index is 4.96. The summed E-state index contributed by atoms with van der Waals surface area (Å²) in [7, 11) is 0. The van der Waals surface area contributed by atoms with Crippen molar-refractivity contribution in [2.75, 3.05) is 18.4 Å². The number of benzene rings is 1. The zero-order valence-corrected chi connectivity index (χ0v) is 18.5. The molecule has 4 nitrogen and oxygen atoms in total. The summed E-state index contributed by atoms with van der Waals surface area (Å²) in [6.07, 6.45) is 9.63. The Labute approximate surface area is 180 Å². The Morgan fingerprint density at radius 1 is 1.10 bits per heavy atom. The van der Waals surface area contributed by atoms with E-state index in [1.807, 2.05) is 6.20 Å². The first-order chi connectivity index (χ1) is 14.6. The third kappa shape index (κ3) is 3.98. The fourth-order valence-electron chi connectivity index (χ4n) is 5.02. The van der Waals surface area contributed by atoms with Crippen molar-refractivity contribution in [3.05, 3.63) is 58.4 Å². The van der Waals surface area contributed by atoms with Crippen molar-refractivity contribution in [1.29, 1.82) is 0 Å². The van der Waals surface area contributed by atoms with E-state index >= 15 is 0 Å². The summed E-state index contributed by atoms with van der Waals surface area (Å²) >= 11 is 0. The third-order valence-electron chi connectivity index (χ3n) is 6.99. The van der Waals surface area contributed by atoms with Crippen molar-refractivity contribution in [3.63, 3.8) is 0 Å². The lowest BCUT2D eigenvalue weighted by Crippen LogP contribution is -2.34. The molecule has 2 aliphatic heterocycles. The van der Waals surface area contributed by atoms with Crippen LogP contribution in [0.25, 0.3) is 6.08 Å². The SMILES string of the molecule is Cc1cc(Nc2nc(C(C)C)cc3c2CNC=C3)ccc1C1CCN(C2CC2)CC1. The van der Waals surface area contributed by atoms with Crippen molar-refractivity contribution >= 4 is 17.6 Å². The molecular weight excluding hydrogens is 368 g/mol. The van der Waals surface area contributed by atoms with Gasteiger partial charge in [0.25, 0.3) is 0 Å². The van der Waals surface area contributed by atoms with Crippen LogP contribution >= 0.6 is 0 Å². The van der Waals surface area contributed by atoms with Gasteiger partial charge in [-0.15, -0.1) is 0 Å². The molecule has 1 aromatic carbocycles. The number of hydrogen-bond acceptors (Lipinski definition) is 4. The fraction of sp³-hybridized carbons (Fsp3) is 0.500. The van der Waals surface area contributed by atoms with E-state index in [4.69, 9.17) is 4.98 Å². The number of piperidine rings is 1. The molecule has 0 spiro atoms. The molecule has 3 aliphatic rings. The van der Waals surface area contributed by atoms with Gasteiger partial charge in [-0.3, -0.25) is 0 Å². The Kier molecular flexibility index (Phi) is 5.28. The zero-order valence-electron chi connectivity index (χ0n) is 18.5. The van der Waals surface area contributed by atoms with E-state index in [1.54, 1.807) is 0 Å². The summed E-state index contributed by atoms with van der Waals surface area (Å²) in [5, 5.41) is 6.97. The smallest absolute Gasteiger partial charge is 0.136 e. The monoisotopic (exact) mass is 402 g/mol. The second kappa shape index (κ2) is 8.07. The van der Waals surface area contributed by atoms with Gasteiger partial charge in [0.15, 0.2) is 0 Å². The highest BCUT2D eigenvalue weighted by molar-refractivity contribution is 5.69. The molecule has 0 amide bonds. The van der Waals surface area contributed by atoms with Crippen LogP contribution < -0.4 is 10.6 Å². The van der Waals surface area contributed by atoms with Gasteiger partial charge in [-0.1, -0.05) is 19.9 Å². The molecule has 5 rings (SSSR count). The highest BCUT2D eigenvalue weighted by atomic mass is 15.2. The Bertz CT molecular complexity index is 950. The molecule has 1 aliphatic carbocycles. The number of nitrogens with zero attached hydrogens (tertiary/aromatic N) is 2. The molecule has 0 radical (unpaired) electrons. The largest absolute Gasteiger partial charge is 0.387 e. The molecule has 0 unspecified atom stereocenters. The number of anilines is 2. The molecule has 30 heavy (non-hydrogen) atoms. The first-order valence-corrected chi connectivity index (χ1v) is 11.6. The number of rotatable bonds is 5. The molecule has 1 aromatic heterocycles. The van der Waals surface area contributed by atoms with E-state index in [0.717, 1.165) is 29.8 Å². The molecule has 0 atom stereocenters. The number of hydrogen-bond donors (Lipinski definition) is 2. The normalized spacial score (nSPS) is 19.6. The van der Waals surface area contributed by atoms with E-state index in [-0.39, 0.29) is 0 Å². The summed E-state index contributed by atoms with van der Waals surface area (Å²) in [4.78, 5) is 7.67. The van der Waals surface area contributed by atoms with Gasteiger partial charge < -0.3 is 15.5 Å². The molecule has 2 N–H and O–H groups in total. The van der Waals surface area contributed by atoms with Crippen LogP contribution in [0.15, 0.2) is 30.5 Å². The predicted octanol–water partition coefficient (Wildman–Crippen LogP) is 5.67. The predicted molar refractivity (Wildman–Crippen MR) is 125 cm³/mol. The van der Waals surface area contributed by atoms with Crippen LogP contribution in [0.4, 0.5) is 11.5 Å². The maximum Gasteiger partial charge on any atom is 0.136 e. The Morgan fingerprint density at radius 3 is 2.60 bits per heavy atom. The van der Waals surface area contributed by atoms with Crippen LogP contribution in [0.5, 0.6) is 0 Å². The second-order valence-electron chi connectivity index (χ2n) is 9.57. The van der Waals surface area contributed by atoms with Crippen LogP contribution in [0.1, 0.15) is 79.3 Å². The van der Waals surface area contributed by atoms with E-state index in [0.29, 0.717) is 11.8 Å². The van der Waals surface area contributed by atoms with E-state index in [9.17, 15) is 0 Å². The molecule has 0 bridgehead atoms. The lowest BCUT2D eigenvalue weighted by atomic mass is 9.86. The minimum atomic E-state index is 0.407. The minimum Gasteiger partial charge on any atom is -0.387 e.